The normalized spacial score (nSPS) is 49.2. The van der Waals surface area contributed by atoms with Crippen molar-refractivity contribution >= 4 is 17.9 Å². The standard InChI is InChI=1S/C20H28O6/c1-18(5-4-11-10-25-14(21)12(11)8-18)16(23)19(2)6-7-20(3)13(9-19)15(22)26-17(20)24/h11-13,16,23H,4-10H2,1-3H3/t11-,12?,13?,16+,18?,19?,20?/m0/s1. The average Bonchev–Trinajstić information content (AvgIpc) is 3.06. The first-order valence-electron chi connectivity index (χ1n) is 9.70. The zero-order valence-electron chi connectivity index (χ0n) is 15.7. The van der Waals surface area contributed by atoms with Crippen LogP contribution in [0.5, 0.6) is 0 Å². The van der Waals surface area contributed by atoms with E-state index in [9.17, 15) is 19.5 Å². The van der Waals surface area contributed by atoms with E-state index < -0.39 is 34.8 Å². The summed E-state index contributed by atoms with van der Waals surface area (Å²) in [7, 11) is 0. The van der Waals surface area contributed by atoms with E-state index in [1.54, 1.807) is 6.92 Å². The minimum atomic E-state index is -0.760. The highest BCUT2D eigenvalue weighted by Crippen LogP contribution is 2.59. The van der Waals surface area contributed by atoms with Gasteiger partial charge < -0.3 is 14.6 Å². The van der Waals surface area contributed by atoms with E-state index in [0.717, 1.165) is 12.8 Å². The molecule has 6 heteroatoms. The van der Waals surface area contributed by atoms with Crippen molar-refractivity contribution in [3.8, 4) is 0 Å². The number of cyclic esters (lactones) is 3. The zero-order valence-corrected chi connectivity index (χ0v) is 15.7. The van der Waals surface area contributed by atoms with Crippen molar-refractivity contribution in [1.29, 1.82) is 0 Å². The van der Waals surface area contributed by atoms with Crippen molar-refractivity contribution in [3.05, 3.63) is 0 Å². The van der Waals surface area contributed by atoms with Gasteiger partial charge in [0.25, 0.3) is 0 Å². The Hall–Kier alpha value is -1.43. The Morgan fingerprint density at radius 3 is 2.42 bits per heavy atom. The van der Waals surface area contributed by atoms with Crippen molar-refractivity contribution in [2.45, 2.75) is 65.4 Å². The lowest BCUT2D eigenvalue weighted by Gasteiger charge is -2.52. The van der Waals surface area contributed by atoms with Gasteiger partial charge in [0.2, 0.25) is 0 Å². The number of esters is 3. The largest absolute Gasteiger partial charge is 0.465 e. The molecule has 2 aliphatic carbocycles. The maximum atomic E-state index is 12.2. The van der Waals surface area contributed by atoms with Gasteiger partial charge in [0, 0.05) is 5.92 Å². The summed E-state index contributed by atoms with van der Waals surface area (Å²) in [6, 6.07) is 0. The molecule has 1 N–H and O–H groups in total. The van der Waals surface area contributed by atoms with Gasteiger partial charge in [0.1, 0.15) is 0 Å². The molecule has 0 bridgehead atoms. The monoisotopic (exact) mass is 364 g/mol. The van der Waals surface area contributed by atoms with Crippen LogP contribution in [0.25, 0.3) is 0 Å². The summed E-state index contributed by atoms with van der Waals surface area (Å²) >= 11 is 0. The van der Waals surface area contributed by atoms with Crippen LogP contribution in [0.1, 0.15) is 59.3 Å². The molecular formula is C20H28O6. The van der Waals surface area contributed by atoms with Gasteiger partial charge in [-0.25, -0.2) is 0 Å². The van der Waals surface area contributed by atoms with Crippen molar-refractivity contribution in [3.63, 3.8) is 0 Å². The number of rotatable bonds is 2. The third-order valence-corrected chi connectivity index (χ3v) is 8.00. The number of hydrogen-bond donors (Lipinski definition) is 1. The van der Waals surface area contributed by atoms with Crippen LogP contribution in [-0.4, -0.2) is 35.7 Å². The minimum Gasteiger partial charge on any atom is -0.465 e. The predicted molar refractivity (Wildman–Crippen MR) is 90.6 cm³/mol. The molecule has 0 amide bonds. The van der Waals surface area contributed by atoms with Gasteiger partial charge in [-0.05, 0) is 56.3 Å². The Kier molecular flexibility index (Phi) is 3.82. The number of carbonyl (C=O) groups is 3. The summed E-state index contributed by atoms with van der Waals surface area (Å²) in [5, 5.41) is 11.4. The lowest BCUT2D eigenvalue weighted by molar-refractivity contribution is -0.155. The first kappa shape index (κ1) is 18.0. The Bertz CT molecular complexity index is 673. The van der Waals surface area contributed by atoms with Crippen LogP contribution in [0.4, 0.5) is 0 Å². The number of aliphatic hydroxyl groups is 1. The molecule has 2 saturated heterocycles. The van der Waals surface area contributed by atoms with Crippen molar-refractivity contribution in [1.82, 2.24) is 0 Å². The molecule has 2 heterocycles. The molecule has 0 spiro atoms. The van der Waals surface area contributed by atoms with Crippen molar-refractivity contribution in [2.75, 3.05) is 6.61 Å². The second kappa shape index (κ2) is 5.54. The Balaban J connectivity index is 1.56. The van der Waals surface area contributed by atoms with Gasteiger partial charge in [-0.2, -0.15) is 0 Å². The maximum absolute atomic E-state index is 12.2. The summed E-state index contributed by atoms with van der Waals surface area (Å²) in [5.41, 5.74) is -1.62. The van der Waals surface area contributed by atoms with Crippen molar-refractivity contribution < 1.29 is 29.0 Å². The van der Waals surface area contributed by atoms with Crippen molar-refractivity contribution in [2.24, 2.45) is 34.0 Å². The van der Waals surface area contributed by atoms with E-state index in [4.69, 9.17) is 9.47 Å². The SMILES string of the molecule is CC12CCC(C)([C@H](O)C3(C)CC[C@H]4COC(=O)C4C3)CC1C(=O)OC2=O. The highest BCUT2D eigenvalue weighted by molar-refractivity contribution is 5.99. The van der Waals surface area contributed by atoms with E-state index in [2.05, 4.69) is 6.92 Å². The lowest BCUT2D eigenvalue weighted by atomic mass is 9.52. The second-order valence-corrected chi connectivity index (χ2v) is 9.83. The van der Waals surface area contributed by atoms with Gasteiger partial charge in [0.05, 0.1) is 30.0 Å². The molecule has 4 fully saturated rings. The Morgan fingerprint density at radius 1 is 1.00 bits per heavy atom. The van der Waals surface area contributed by atoms with Crippen LogP contribution in [-0.2, 0) is 23.9 Å². The predicted octanol–water partition coefficient (Wildman–Crippen LogP) is 2.22. The smallest absolute Gasteiger partial charge is 0.320 e. The number of ether oxygens (including phenoxy) is 2. The van der Waals surface area contributed by atoms with Gasteiger partial charge in [0.15, 0.2) is 0 Å². The van der Waals surface area contributed by atoms with Gasteiger partial charge in [-0.15, -0.1) is 0 Å². The van der Waals surface area contributed by atoms with E-state index in [1.165, 1.54) is 0 Å². The molecule has 0 aromatic carbocycles. The fourth-order valence-electron chi connectivity index (χ4n) is 5.98. The molecular weight excluding hydrogens is 336 g/mol. The van der Waals surface area contributed by atoms with Crippen LogP contribution in [0.3, 0.4) is 0 Å². The van der Waals surface area contributed by atoms with Crippen LogP contribution in [0.2, 0.25) is 0 Å². The van der Waals surface area contributed by atoms with E-state index in [0.29, 0.717) is 32.3 Å². The number of aliphatic hydroxyl groups excluding tert-OH is 1. The highest BCUT2D eigenvalue weighted by atomic mass is 16.6. The summed E-state index contributed by atoms with van der Waals surface area (Å²) < 4.78 is 10.1. The number of carbonyl (C=O) groups excluding carboxylic acids is 3. The van der Waals surface area contributed by atoms with Crippen LogP contribution < -0.4 is 0 Å². The maximum Gasteiger partial charge on any atom is 0.320 e. The second-order valence-electron chi connectivity index (χ2n) is 9.83. The molecule has 4 aliphatic rings. The van der Waals surface area contributed by atoms with E-state index in [-0.39, 0.29) is 23.2 Å². The number of fused-ring (bicyclic) bond motifs is 2. The third kappa shape index (κ3) is 2.37. The molecule has 2 aliphatic heterocycles. The summed E-state index contributed by atoms with van der Waals surface area (Å²) in [5.74, 6) is -1.36. The van der Waals surface area contributed by atoms with E-state index in [1.807, 2.05) is 6.92 Å². The molecule has 6 nitrogen and oxygen atoms in total. The first-order valence-corrected chi connectivity index (χ1v) is 9.70. The summed E-state index contributed by atoms with van der Waals surface area (Å²) in [4.78, 5) is 36.3. The average molecular weight is 364 g/mol. The molecule has 26 heavy (non-hydrogen) atoms. The van der Waals surface area contributed by atoms with E-state index >= 15 is 0 Å². The first-order chi connectivity index (χ1) is 12.1. The zero-order chi connectivity index (χ0) is 18.9. The molecule has 0 aromatic rings. The molecule has 5 unspecified atom stereocenters. The molecule has 2 saturated carbocycles. The van der Waals surface area contributed by atoms with Crippen LogP contribution >= 0.6 is 0 Å². The van der Waals surface area contributed by atoms with Gasteiger partial charge >= 0.3 is 17.9 Å². The molecule has 144 valence electrons. The van der Waals surface area contributed by atoms with Gasteiger partial charge in [-0.1, -0.05) is 13.8 Å². The third-order valence-electron chi connectivity index (χ3n) is 8.00. The molecule has 0 aromatic heterocycles. The molecule has 0 radical (unpaired) electrons. The Morgan fingerprint density at radius 2 is 1.69 bits per heavy atom. The molecule has 4 rings (SSSR count). The Labute approximate surface area is 153 Å². The molecule has 7 atom stereocenters. The topological polar surface area (TPSA) is 89.9 Å². The van der Waals surface area contributed by atoms with Crippen LogP contribution in [0, 0.1) is 34.0 Å². The van der Waals surface area contributed by atoms with Gasteiger partial charge in [-0.3, -0.25) is 14.4 Å². The highest BCUT2D eigenvalue weighted by Gasteiger charge is 2.62. The summed E-state index contributed by atoms with van der Waals surface area (Å²) in [6.45, 7) is 6.37. The minimum absolute atomic E-state index is 0.126. The summed E-state index contributed by atoms with van der Waals surface area (Å²) in [6.07, 6.45) is 3.35. The fourth-order valence-corrected chi connectivity index (χ4v) is 5.98. The quantitative estimate of drug-likeness (QED) is 0.597. The number of hydrogen-bond acceptors (Lipinski definition) is 6. The lowest BCUT2D eigenvalue weighted by Crippen LogP contribution is -2.53. The van der Waals surface area contributed by atoms with Crippen LogP contribution in [0.15, 0.2) is 0 Å². The fraction of sp³-hybridized carbons (Fsp3) is 0.850.